The number of carboxylic acids is 1. The molecule has 0 bridgehead atoms. The number of rotatable bonds is 3. The standard InChI is InChI=1S/C16H12ClNO3/c1-9-12(8-10-6-7-14(21-10)16(19)20)15(17)11-4-2-3-5-13(11)18-9/h2-7H,8H2,1H3,(H,19,20). The third kappa shape index (κ3) is 2.50. The molecule has 0 atom stereocenters. The molecule has 0 amide bonds. The number of aromatic carboxylic acids is 1. The normalized spacial score (nSPS) is 11.0. The highest BCUT2D eigenvalue weighted by Gasteiger charge is 2.15. The Labute approximate surface area is 126 Å². The number of nitrogens with zero attached hydrogens (tertiary/aromatic N) is 1. The largest absolute Gasteiger partial charge is 0.475 e. The van der Waals surface area contributed by atoms with Crippen LogP contribution >= 0.6 is 11.6 Å². The van der Waals surface area contributed by atoms with Gasteiger partial charge < -0.3 is 9.52 Å². The van der Waals surface area contributed by atoms with Crippen molar-refractivity contribution in [1.29, 1.82) is 0 Å². The summed E-state index contributed by atoms with van der Waals surface area (Å²) in [7, 11) is 0. The Morgan fingerprint density at radius 3 is 2.76 bits per heavy atom. The van der Waals surface area contributed by atoms with Gasteiger partial charge in [-0.3, -0.25) is 4.98 Å². The number of furan rings is 1. The maximum atomic E-state index is 10.8. The van der Waals surface area contributed by atoms with Gasteiger partial charge in [0.25, 0.3) is 0 Å². The molecule has 0 saturated heterocycles. The minimum Gasteiger partial charge on any atom is -0.475 e. The molecule has 2 heterocycles. The van der Waals surface area contributed by atoms with Crippen LogP contribution in [-0.2, 0) is 6.42 Å². The van der Waals surface area contributed by atoms with E-state index in [0.717, 1.165) is 22.2 Å². The fourth-order valence-corrected chi connectivity index (χ4v) is 2.66. The minimum absolute atomic E-state index is 0.0764. The van der Waals surface area contributed by atoms with Crippen molar-refractivity contribution in [2.24, 2.45) is 0 Å². The molecule has 0 spiro atoms. The summed E-state index contributed by atoms with van der Waals surface area (Å²) < 4.78 is 5.29. The van der Waals surface area contributed by atoms with Gasteiger partial charge >= 0.3 is 5.97 Å². The maximum absolute atomic E-state index is 10.8. The predicted octanol–water partition coefficient (Wildman–Crippen LogP) is 4.08. The van der Waals surface area contributed by atoms with E-state index in [1.165, 1.54) is 6.07 Å². The highest BCUT2D eigenvalue weighted by Crippen LogP contribution is 2.30. The van der Waals surface area contributed by atoms with Crippen LogP contribution in [0, 0.1) is 6.92 Å². The van der Waals surface area contributed by atoms with Gasteiger partial charge in [0, 0.05) is 23.1 Å². The summed E-state index contributed by atoms with van der Waals surface area (Å²) in [5, 5.41) is 10.4. The van der Waals surface area contributed by atoms with E-state index in [0.29, 0.717) is 17.2 Å². The topological polar surface area (TPSA) is 63.3 Å². The van der Waals surface area contributed by atoms with Gasteiger partial charge in [0.1, 0.15) is 5.76 Å². The van der Waals surface area contributed by atoms with Gasteiger partial charge in [0.05, 0.1) is 10.5 Å². The lowest BCUT2D eigenvalue weighted by atomic mass is 10.1. The number of fused-ring (bicyclic) bond motifs is 1. The van der Waals surface area contributed by atoms with Crippen LogP contribution in [-0.4, -0.2) is 16.1 Å². The first-order valence-corrected chi connectivity index (χ1v) is 6.80. The first-order chi connectivity index (χ1) is 10.1. The molecule has 0 unspecified atom stereocenters. The Bertz CT molecular complexity index is 839. The molecule has 3 rings (SSSR count). The molecule has 1 N–H and O–H groups in total. The van der Waals surface area contributed by atoms with Crippen LogP contribution in [0.1, 0.15) is 27.6 Å². The summed E-state index contributed by atoms with van der Waals surface area (Å²) in [4.78, 5) is 15.4. The number of aromatic nitrogens is 1. The van der Waals surface area contributed by atoms with Crippen LogP contribution in [0.15, 0.2) is 40.8 Å². The van der Waals surface area contributed by atoms with E-state index in [-0.39, 0.29) is 5.76 Å². The average Bonchev–Trinajstić information content (AvgIpc) is 2.92. The Morgan fingerprint density at radius 1 is 1.29 bits per heavy atom. The maximum Gasteiger partial charge on any atom is 0.371 e. The Kier molecular flexibility index (Phi) is 3.39. The second-order valence-electron chi connectivity index (χ2n) is 4.75. The van der Waals surface area contributed by atoms with Crippen molar-refractivity contribution in [3.63, 3.8) is 0 Å². The van der Waals surface area contributed by atoms with Crippen LogP contribution in [0.2, 0.25) is 5.02 Å². The molecule has 21 heavy (non-hydrogen) atoms. The van der Waals surface area contributed by atoms with Gasteiger partial charge in [0.2, 0.25) is 5.76 Å². The summed E-state index contributed by atoms with van der Waals surface area (Å²) in [5.74, 6) is -0.609. The van der Waals surface area contributed by atoms with Gasteiger partial charge in [-0.15, -0.1) is 0 Å². The van der Waals surface area contributed by atoms with Crippen LogP contribution < -0.4 is 0 Å². The molecule has 5 heteroatoms. The molecule has 0 fully saturated rings. The number of carboxylic acid groups (broad SMARTS) is 1. The zero-order valence-electron chi connectivity index (χ0n) is 11.3. The summed E-state index contributed by atoms with van der Waals surface area (Å²) in [6, 6.07) is 10.7. The molecular weight excluding hydrogens is 290 g/mol. The number of halogens is 1. The van der Waals surface area contributed by atoms with Crippen LogP contribution in [0.4, 0.5) is 0 Å². The van der Waals surface area contributed by atoms with Crippen LogP contribution in [0.25, 0.3) is 10.9 Å². The monoisotopic (exact) mass is 301 g/mol. The second-order valence-corrected chi connectivity index (χ2v) is 5.13. The van der Waals surface area contributed by atoms with Crippen molar-refractivity contribution >= 4 is 28.5 Å². The van der Waals surface area contributed by atoms with Gasteiger partial charge in [-0.25, -0.2) is 4.79 Å². The molecule has 3 aromatic rings. The molecule has 2 aromatic heterocycles. The number of hydrogen-bond acceptors (Lipinski definition) is 3. The molecule has 4 nitrogen and oxygen atoms in total. The molecule has 106 valence electrons. The lowest BCUT2D eigenvalue weighted by molar-refractivity contribution is 0.0660. The van der Waals surface area contributed by atoms with Gasteiger partial charge in [-0.05, 0) is 25.1 Å². The number of aryl methyl sites for hydroxylation is 1. The average molecular weight is 302 g/mol. The molecule has 1 aromatic carbocycles. The Balaban J connectivity index is 2.05. The van der Waals surface area contributed by atoms with Gasteiger partial charge in [-0.1, -0.05) is 29.8 Å². The van der Waals surface area contributed by atoms with Gasteiger partial charge in [0.15, 0.2) is 0 Å². The van der Waals surface area contributed by atoms with Crippen molar-refractivity contribution in [3.8, 4) is 0 Å². The molecule has 0 aliphatic rings. The van der Waals surface area contributed by atoms with Crippen LogP contribution in [0.3, 0.4) is 0 Å². The highest BCUT2D eigenvalue weighted by atomic mass is 35.5. The molecule has 0 aliphatic carbocycles. The minimum atomic E-state index is -1.08. The third-order valence-corrected chi connectivity index (χ3v) is 3.79. The summed E-state index contributed by atoms with van der Waals surface area (Å²) in [6.45, 7) is 1.88. The Hall–Kier alpha value is -2.33. The fourth-order valence-electron chi connectivity index (χ4n) is 2.29. The lowest BCUT2D eigenvalue weighted by Gasteiger charge is -2.09. The zero-order chi connectivity index (χ0) is 15.0. The quantitative estimate of drug-likeness (QED) is 0.791. The number of para-hydroxylation sites is 1. The summed E-state index contributed by atoms with van der Waals surface area (Å²) in [5.41, 5.74) is 2.50. The van der Waals surface area contributed by atoms with Crippen molar-refractivity contribution in [3.05, 3.63) is 64.2 Å². The predicted molar refractivity (Wildman–Crippen MR) is 80.0 cm³/mol. The highest BCUT2D eigenvalue weighted by molar-refractivity contribution is 6.36. The van der Waals surface area contributed by atoms with Crippen molar-refractivity contribution < 1.29 is 14.3 Å². The van der Waals surface area contributed by atoms with E-state index in [9.17, 15) is 4.79 Å². The fraction of sp³-hybridized carbons (Fsp3) is 0.125. The van der Waals surface area contributed by atoms with E-state index in [1.807, 2.05) is 31.2 Å². The first-order valence-electron chi connectivity index (χ1n) is 6.42. The van der Waals surface area contributed by atoms with Gasteiger partial charge in [-0.2, -0.15) is 0 Å². The third-order valence-electron chi connectivity index (χ3n) is 3.35. The molecular formula is C16H12ClNO3. The van der Waals surface area contributed by atoms with E-state index >= 15 is 0 Å². The van der Waals surface area contributed by atoms with Crippen molar-refractivity contribution in [2.75, 3.05) is 0 Å². The summed E-state index contributed by atoms with van der Waals surface area (Å²) in [6.07, 6.45) is 0.412. The van der Waals surface area contributed by atoms with Crippen molar-refractivity contribution in [2.45, 2.75) is 13.3 Å². The van der Waals surface area contributed by atoms with E-state index < -0.39 is 5.97 Å². The molecule has 0 saturated carbocycles. The number of benzene rings is 1. The number of pyridine rings is 1. The zero-order valence-corrected chi connectivity index (χ0v) is 12.0. The molecule has 0 radical (unpaired) electrons. The first kappa shape index (κ1) is 13.6. The van der Waals surface area contributed by atoms with Crippen LogP contribution in [0.5, 0.6) is 0 Å². The SMILES string of the molecule is Cc1nc2ccccc2c(Cl)c1Cc1ccc(C(=O)O)o1. The number of carbonyl (C=O) groups is 1. The second kappa shape index (κ2) is 5.22. The number of hydrogen-bond donors (Lipinski definition) is 1. The van der Waals surface area contributed by atoms with E-state index in [2.05, 4.69) is 4.98 Å². The smallest absolute Gasteiger partial charge is 0.371 e. The van der Waals surface area contributed by atoms with Crippen molar-refractivity contribution in [1.82, 2.24) is 4.98 Å². The molecule has 0 aliphatic heterocycles. The van der Waals surface area contributed by atoms with E-state index in [1.54, 1.807) is 6.07 Å². The summed E-state index contributed by atoms with van der Waals surface area (Å²) >= 11 is 6.47. The lowest BCUT2D eigenvalue weighted by Crippen LogP contribution is -1.97. The Morgan fingerprint density at radius 2 is 2.05 bits per heavy atom. The van der Waals surface area contributed by atoms with E-state index in [4.69, 9.17) is 21.1 Å².